The molecule has 0 saturated carbocycles. The Kier molecular flexibility index (Phi) is 4.26. The number of anilines is 1. The maximum atomic E-state index is 12.9. The molecule has 1 amide bonds. The first-order valence-electron chi connectivity index (χ1n) is 8.11. The number of aryl methyl sites for hydroxylation is 3. The molecular formula is C21H22N2O. The summed E-state index contributed by atoms with van der Waals surface area (Å²) in [5, 5.41) is 3.06. The second-order valence-electron chi connectivity index (χ2n) is 6.17. The molecule has 3 aromatic rings. The second kappa shape index (κ2) is 6.36. The van der Waals surface area contributed by atoms with E-state index in [0.717, 1.165) is 33.9 Å². The Labute approximate surface area is 143 Å². The fourth-order valence-corrected chi connectivity index (χ4v) is 2.99. The first kappa shape index (κ1) is 16.1. The van der Waals surface area contributed by atoms with Gasteiger partial charge in [-0.25, -0.2) is 0 Å². The molecule has 0 aliphatic rings. The molecule has 3 heteroatoms. The summed E-state index contributed by atoms with van der Waals surface area (Å²) >= 11 is 0. The van der Waals surface area contributed by atoms with Gasteiger partial charge in [0.15, 0.2) is 0 Å². The quantitative estimate of drug-likeness (QED) is 0.727. The predicted octanol–water partition coefficient (Wildman–Crippen LogP) is 4.96. The average molecular weight is 318 g/mol. The van der Waals surface area contributed by atoms with E-state index in [-0.39, 0.29) is 5.91 Å². The lowest BCUT2D eigenvalue weighted by Crippen LogP contribution is -2.16. The summed E-state index contributed by atoms with van der Waals surface area (Å²) in [7, 11) is 0. The number of carbonyl (C=O) groups excluding carboxylic acids is 1. The Morgan fingerprint density at radius 2 is 1.50 bits per heavy atom. The van der Waals surface area contributed by atoms with Crippen molar-refractivity contribution in [3.63, 3.8) is 0 Å². The van der Waals surface area contributed by atoms with Crippen LogP contribution in [0.25, 0.3) is 5.69 Å². The van der Waals surface area contributed by atoms with Gasteiger partial charge in [0, 0.05) is 17.1 Å². The Balaban J connectivity index is 2.01. The number of aromatic nitrogens is 1. The SMILES string of the molecule is Cc1cccc(NC(=O)c2ccccc2-n2c(C)ccc2C)c1C. The highest BCUT2D eigenvalue weighted by Crippen LogP contribution is 2.23. The van der Waals surface area contributed by atoms with Gasteiger partial charge in [-0.2, -0.15) is 0 Å². The summed E-state index contributed by atoms with van der Waals surface area (Å²) in [6.45, 7) is 8.17. The number of amides is 1. The number of nitrogens with zero attached hydrogens (tertiary/aromatic N) is 1. The van der Waals surface area contributed by atoms with E-state index in [1.807, 2.05) is 70.2 Å². The van der Waals surface area contributed by atoms with Crippen molar-refractivity contribution in [2.45, 2.75) is 27.7 Å². The van der Waals surface area contributed by atoms with E-state index in [2.05, 4.69) is 22.0 Å². The van der Waals surface area contributed by atoms with Gasteiger partial charge in [-0.1, -0.05) is 24.3 Å². The van der Waals surface area contributed by atoms with Gasteiger partial charge < -0.3 is 9.88 Å². The summed E-state index contributed by atoms with van der Waals surface area (Å²) in [6, 6.07) is 17.8. The topological polar surface area (TPSA) is 34.0 Å². The molecule has 1 heterocycles. The molecule has 1 aromatic heterocycles. The molecule has 0 aliphatic heterocycles. The number of rotatable bonds is 3. The van der Waals surface area contributed by atoms with E-state index < -0.39 is 0 Å². The number of carbonyl (C=O) groups is 1. The van der Waals surface area contributed by atoms with Crippen LogP contribution in [0.1, 0.15) is 32.9 Å². The largest absolute Gasteiger partial charge is 0.322 e. The van der Waals surface area contributed by atoms with Crippen molar-refractivity contribution >= 4 is 11.6 Å². The molecule has 0 bridgehead atoms. The van der Waals surface area contributed by atoms with Gasteiger partial charge in [0.2, 0.25) is 0 Å². The maximum Gasteiger partial charge on any atom is 0.257 e. The van der Waals surface area contributed by atoms with Crippen LogP contribution in [0.4, 0.5) is 5.69 Å². The highest BCUT2D eigenvalue weighted by Gasteiger charge is 2.15. The Bertz CT molecular complexity index is 886. The number of para-hydroxylation sites is 1. The molecule has 0 atom stereocenters. The number of nitrogens with one attached hydrogen (secondary N) is 1. The Morgan fingerprint density at radius 3 is 2.21 bits per heavy atom. The van der Waals surface area contributed by atoms with Crippen LogP contribution in [0.5, 0.6) is 0 Å². The lowest BCUT2D eigenvalue weighted by atomic mass is 10.1. The third-order valence-electron chi connectivity index (χ3n) is 4.51. The van der Waals surface area contributed by atoms with Gasteiger partial charge in [-0.3, -0.25) is 4.79 Å². The van der Waals surface area contributed by atoms with E-state index in [4.69, 9.17) is 0 Å². The van der Waals surface area contributed by atoms with Crippen LogP contribution in [-0.2, 0) is 0 Å². The summed E-state index contributed by atoms with van der Waals surface area (Å²) in [5.74, 6) is -0.0909. The number of hydrogen-bond donors (Lipinski definition) is 1. The Hall–Kier alpha value is -2.81. The predicted molar refractivity (Wildman–Crippen MR) is 99.1 cm³/mol. The molecule has 3 rings (SSSR count). The summed E-state index contributed by atoms with van der Waals surface area (Å²) in [4.78, 5) is 12.9. The van der Waals surface area contributed by atoms with Crippen molar-refractivity contribution in [1.29, 1.82) is 0 Å². The van der Waals surface area contributed by atoms with Gasteiger partial charge in [0.1, 0.15) is 0 Å². The molecular weight excluding hydrogens is 296 g/mol. The maximum absolute atomic E-state index is 12.9. The zero-order valence-corrected chi connectivity index (χ0v) is 14.6. The van der Waals surface area contributed by atoms with Gasteiger partial charge in [0.25, 0.3) is 5.91 Å². The first-order chi connectivity index (χ1) is 11.5. The lowest BCUT2D eigenvalue weighted by molar-refractivity contribution is 0.102. The van der Waals surface area contributed by atoms with Crippen molar-refractivity contribution in [1.82, 2.24) is 4.57 Å². The summed E-state index contributed by atoms with van der Waals surface area (Å²) in [5.41, 5.74) is 6.91. The highest BCUT2D eigenvalue weighted by atomic mass is 16.1. The van der Waals surface area contributed by atoms with Crippen LogP contribution in [0, 0.1) is 27.7 Å². The monoisotopic (exact) mass is 318 g/mol. The van der Waals surface area contributed by atoms with Crippen molar-refractivity contribution in [2.75, 3.05) is 5.32 Å². The fraction of sp³-hybridized carbons (Fsp3) is 0.190. The molecule has 0 radical (unpaired) electrons. The van der Waals surface area contributed by atoms with Crippen LogP contribution in [0.2, 0.25) is 0 Å². The first-order valence-corrected chi connectivity index (χ1v) is 8.11. The van der Waals surface area contributed by atoms with E-state index in [1.165, 1.54) is 0 Å². The van der Waals surface area contributed by atoms with Gasteiger partial charge in [-0.15, -0.1) is 0 Å². The lowest BCUT2D eigenvalue weighted by Gasteiger charge is -2.16. The van der Waals surface area contributed by atoms with Gasteiger partial charge in [0.05, 0.1) is 11.3 Å². The molecule has 0 unspecified atom stereocenters. The van der Waals surface area contributed by atoms with E-state index in [0.29, 0.717) is 5.56 Å². The van der Waals surface area contributed by atoms with E-state index in [1.54, 1.807) is 0 Å². The molecule has 0 saturated heterocycles. The standard InChI is InChI=1S/C21H22N2O/c1-14-8-7-10-19(17(14)4)22-21(24)18-9-5-6-11-20(18)23-15(2)12-13-16(23)3/h5-13H,1-4H3,(H,22,24). The minimum Gasteiger partial charge on any atom is -0.322 e. The number of hydrogen-bond acceptors (Lipinski definition) is 1. The minimum absolute atomic E-state index is 0.0909. The smallest absolute Gasteiger partial charge is 0.257 e. The van der Waals surface area contributed by atoms with Crippen molar-refractivity contribution < 1.29 is 4.79 Å². The van der Waals surface area contributed by atoms with Crippen molar-refractivity contribution in [3.8, 4) is 5.69 Å². The summed E-state index contributed by atoms with van der Waals surface area (Å²) in [6.07, 6.45) is 0. The van der Waals surface area contributed by atoms with E-state index >= 15 is 0 Å². The van der Waals surface area contributed by atoms with Gasteiger partial charge in [-0.05, 0) is 69.2 Å². The highest BCUT2D eigenvalue weighted by molar-refractivity contribution is 6.07. The fourth-order valence-electron chi connectivity index (χ4n) is 2.99. The third-order valence-corrected chi connectivity index (χ3v) is 4.51. The molecule has 0 spiro atoms. The average Bonchev–Trinajstić information content (AvgIpc) is 2.90. The van der Waals surface area contributed by atoms with E-state index in [9.17, 15) is 4.79 Å². The third kappa shape index (κ3) is 2.85. The van der Waals surface area contributed by atoms with Crippen LogP contribution < -0.4 is 5.32 Å². The molecule has 24 heavy (non-hydrogen) atoms. The van der Waals surface area contributed by atoms with Crippen molar-refractivity contribution in [2.24, 2.45) is 0 Å². The molecule has 1 N–H and O–H groups in total. The zero-order valence-electron chi connectivity index (χ0n) is 14.6. The van der Waals surface area contributed by atoms with Crippen LogP contribution in [0.3, 0.4) is 0 Å². The Morgan fingerprint density at radius 1 is 0.833 bits per heavy atom. The van der Waals surface area contributed by atoms with Gasteiger partial charge >= 0.3 is 0 Å². The number of benzene rings is 2. The molecule has 0 aliphatic carbocycles. The van der Waals surface area contributed by atoms with Crippen LogP contribution in [-0.4, -0.2) is 10.5 Å². The zero-order chi connectivity index (χ0) is 17.3. The van der Waals surface area contributed by atoms with Crippen molar-refractivity contribution in [3.05, 3.63) is 82.7 Å². The minimum atomic E-state index is -0.0909. The normalized spacial score (nSPS) is 10.7. The molecule has 0 fully saturated rings. The van der Waals surface area contributed by atoms with Crippen LogP contribution >= 0.6 is 0 Å². The second-order valence-corrected chi connectivity index (χ2v) is 6.17. The summed E-state index contributed by atoms with van der Waals surface area (Å²) < 4.78 is 2.11. The molecule has 3 nitrogen and oxygen atoms in total. The van der Waals surface area contributed by atoms with Crippen LogP contribution in [0.15, 0.2) is 54.6 Å². The molecule has 122 valence electrons. The molecule has 2 aromatic carbocycles.